The van der Waals surface area contributed by atoms with Gasteiger partial charge in [0.15, 0.2) is 0 Å². The second kappa shape index (κ2) is 9.19. The average Bonchev–Trinajstić information content (AvgIpc) is 3.63. The molecule has 28 heavy (non-hydrogen) atoms. The number of allylic oxidation sites excluding steroid dienone is 1. The Bertz CT molecular complexity index is 826. The second-order valence-corrected chi connectivity index (χ2v) is 9.75. The van der Waals surface area contributed by atoms with Gasteiger partial charge in [-0.05, 0) is 75.7 Å². The first-order valence-electron chi connectivity index (χ1n) is 11.1. The summed E-state index contributed by atoms with van der Waals surface area (Å²) in [5.74, 6) is 0.894. The highest BCUT2D eigenvalue weighted by molar-refractivity contribution is 7.20. The lowest BCUT2D eigenvalue weighted by molar-refractivity contribution is 0.285. The van der Waals surface area contributed by atoms with Crippen molar-refractivity contribution >= 4 is 38.7 Å². The van der Waals surface area contributed by atoms with Crippen molar-refractivity contribution in [3.05, 3.63) is 39.7 Å². The molecule has 0 spiro atoms. The molecule has 0 radical (unpaired) electrons. The van der Waals surface area contributed by atoms with Gasteiger partial charge >= 0.3 is 0 Å². The van der Waals surface area contributed by atoms with Gasteiger partial charge in [0.25, 0.3) is 0 Å². The van der Waals surface area contributed by atoms with Gasteiger partial charge in [-0.15, -0.1) is 11.3 Å². The number of nitrogens with zero attached hydrogens (tertiary/aromatic N) is 2. The zero-order valence-electron chi connectivity index (χ0n) is 17.3. The SMILES string of the molecule is CCN(CC)CCCCN(CC1CC1)C(=C1CC1)c1sc2ccccc2c1Cl. The van der Waals surface area contributed by atoms with Gasteiger partial charge in [-0.2, -0.15) is 0 Å². The van der Waals surface area contributed by atoms with Crippen molar-refractivity contribution in [3.8, 4) is 0 Å². The molecular weight excluding hydrogens is 384 g/mol. The second-order valence-electron chi connectivity index (χ2n) is 8.32. The molecule has 0 aliphatic heterocycles. The average molecular weight is 417 g/mol. The van der Waals surface area contributed by atoms with E-state index in [1.54, 1.807) is 5.57 Å². The Kier molecular flexibility index (Phi) is 6.65. The third-order valence-corrected chi connectivity index (χ3v) is 7.81. The maximum atomic E-state index is 6.90. The van der Waals surface area contributed by atoms with Crippen LogP contribution in [-0.2, 0) is 0 Å². The molecule has 2 aliphatic carbocycles. The molecule has 2 fully saturated rings. The van der Waals surface area contributed by atoms with Crippen LogP contribution in [0.15, 0.2) is 29.8 Å². The predicted octanol–water partition coefficient (Wildman–Crippen LogP) is 6.89. The van der Waals surface area contributed by atoms with Crippen molar-refractivity contribution in [2.24, 2.45) is 5.92 Å². The topological polar surface area (TPSA) is 6.48 Å². The fourth-order valence-electron chi connectivity index (χ4n) is 4.08. The normalized spacial score (nSPS) is 16.2. The van der Waals surface area contributed by atoms with E-state index in [0.29, 0.717) is 0 Å². The highest BCUT2D eigenvalue weighted by Crippen LogP contribution is 2.47. The van der Waals surface area contributed by atoms with Crippen molar-refractivity contribution in [2.75, 3.05) is 32.7 Å². The quantitative estimate of drug-likeness (QED) is 0.368. The Hall–Kier alpha value is -1.03. The van der Waals surface area contributed by atoms with Crippen LogP contribution in [0.5, 0.6) is 0 Å². The lowest BCUT2D eigenvalue weighted by Gasteiger charge is -2.28. The van der Waals surface area contributed by atoms with E-state index < -0.39 is 0 Å². The summed E-state index contributed by atoms with van der Waals surface area (Å²) >= 11 is 8.79. The molecule has 2 aromatic rings. The first kappa shape index (κ1) is 20.3. The predicted molar refractivity (Wildman–Crippen MR) is 124 cm³/mol. The van der Waals surface area contributed by atoms with Crippen LogP contribution in [0.3, 0.4) is 0 Å². The van der Waals surface area contributed by atoms with Crippen LogP contribution in [0.1, 0.15) is 57.2 Å². The van der Waals surface area contributed by atoms with E-state index in [9.17, 15) is 0 Å². The van der Waals surface area contributed by atoms with Gasteiger partial charge in [0, 0.05) is 23.2 Å². The highest BCUT2D eigenvalue weighted by atomic mass is 35.5. The Morgan fingerprint density at radius 2 is 1.79 bits per heavy atom. The van der Waals surface area contributed by atoms with Crippen LogP contribution >= 0.6 is 22.9 Å². The molecule has 2 nitrogen and oxygen atoms in total. The lowest BCUT2D eigenvalue weighted by atomic mass is 10.2. The molecule has 1 aromatic carbocycles. The smallest absolute Gasteiger partial charge is 0.0702 e. The van der Waals surface area contributed by atoms with Crippen molar-refractivity contribution in [2.45, 2.75) is 52.4 Å². The molecule has 4 heteroatoms. The highest BCUT2D eigenvalue weighted by Gasteiger charge is 2.31. The molecule has 0 atom stereocenters. The summed E-state index contributed by atoms with van der Waals surface area (Å²) in [6.45, 7) is 10.5. The van der Waals surface area contributed by atoms with E-state index in [-0.39, 0.29) is 0 Å². The monoisotopic (exact) mass is 416 g/mol. The molecule has 2 saturated carbocycles. The Morgan fingerprint density at radius 1 is 1.07 bits per heavy atom. The molecule has 1 heterocycles. The van der Waals surface area contributed by atoms with Crippen LogP contribution in [0.2, 0.25) is 5.02 Å². The summed E-state index contributed by atoms with van der Waals surface area (Å²) in [7, 11) is 0. The van der Waals surface area contributed by atoms with Crippen LogP contribution in [0.25, 0.3) is 15.8 Å². The van der Waals surface area contributed by atoms with Crippen molar-refractivity contribution in [1.29, 1.82) is 0 Å². The molecule has 0 amide bonds. The minimum atomic E-state index is 0.894. The third kappa shape index (κ3) is 4.75. The van der Waals surface area contributed by atoms with Crippen LogP contribution in [-0.4, -0.2) is 42.5 Å². The molecule has 2 aliphatic rings. The van der Waals surface area contributed by atoms with Crippen LogP contribution < -0.4 is 0 Å². The van der Waals surface area contributed by atoms with E-state index in [0.717, 1.165) is 24.0 Å². The number of thiophene rings is 1. The van der Waals surface area contributed by atoms with Gasteiger partial charge in [-0.3, -0.25) is 0 Å². The molecular formula is C24H33ClN2S. The van der Waals surface area contributed by atoms with Gasteiger partial charge < -0.3 is 9.80 Å². The summed E-state index contributed by atoms with van der Waals surface area (Å²) in [4.78, 5) is 6.56. The molecule has 0 bridgehead atoms. The van der Waals surface area contributed by atoms with E-state index >= 15 is 0 Å². The number of benzene rings is 1. The van der Waals surface area contributed by atoms with Crippen molar-refractivity contribution < 1.29 is 0 Å². The molecule has 0 N–H and O–H groups in total. The fraction of sp³-hybridized carbons (Fsp3) is 0.583. The van der Waals surface area contributed by atoms with Crippen molar-refractivity contribution in [1.82, 2.24) is 9.80 Å². The Morgan fingerprint density at radius 3 is 2.43 bits per heavy atom. The maximum Gasteiger partial charge on any atom is 0.0702 e. The first-order chi connectivity index (χ1) is 13.7. The number of halogens is 1. The fourth-order valence-corrected chi connectivity index (χ4v) is 5.72. The molecule has 0 unspecified atom stereocenters. The summed E-state index contributed by atoms with van der Waals surface area (Å²) in [6, 6.07) is 8.60. The van der Waals surface area contributed by atoms with Gasteiger partial charge in [-0.1, -0.05) is 43.6 Å². The van der Waals surface area contributed by atoms with Crippen LogP contribution in [0, 0.1) is 5.92 Å². The lowest BCUT2D eigenvalue weighted by Crippen LogP contribution is -2.28. The zero-order chi connectivity index (χ0) is 19.5. The maximum absolute atomic E-state index is 6.90. The number of unbranched alkanes of at least 4 members (excludes halogenated alkanes) is 1. The van der Waals surface area contributed by atoms with Gasteiger partial charge in [0.1, 0.15) is 0 Å². The Balaban J connectivity index is 1.53. The van der Waals surface area contributed by atoms with Crippen molar-refractivity contribution in [3.63, 3.8) is 0 Å². The minimum Gasteiger partial charge on any atom is -0.370 e. The first-order valence-corrected chi connectivity index (χ1v) is 12.3. The number of rotatable bonds is 11. The zero-order valence-corrected chi connectivity index (χ0v) is 18.9. The van der Waals surface area contributed by atoms with E-state index in [2.05, 4.69) is 47.9 Å². The van der Waals surface area contributed by atoms with Gasteiger partial charge in [0.05, 0.1) is 15.6 Å². The third-order valence-electron chi connectivity index (χ3n) is 6.12. The summed E-state index contributed by atoms with van der Waals surface area (Å²) < 4.78 is 1.31. The molecule has 0 saturated heterocycles. The van der Waals surface area contributed by atoms with E-state index in [1.807, 2.05) is 11.3 Å². The summed E-state index contributed by atoms with van der Waals surface area (Å²) in [5, 5.41) is 2.19. The van der Waals surface area contributed by atoms with Crippen LogP contribution in [0.4, 0.5) is 0 Å². The number of fused-ring (bicyclic) bond motifs is 1. The Labute approximate surface area is 179 Å². The van der Waals surface area contributed by atoms with Gasteiger partial charge in [0.2, 0.25) is 0 Å². The molecule has 4 rings (SSSR count). The molecule has 1 aromatic heterocycles. The largest absolute Gasteiger partial charge is 0.370 e. The summed E-state index contributed by atoms with van der Waals surface area (Å²) in [6.07, 6.45) is 7.85. The van der Waals surface area contributed by atoms with E-state index in [4.69, 9.17) is 11.6 Å². The number of hydrogen-bond donors (Lipinski definition) is 0. The van der Waals surface area contributed by atoms with E-state index in [1.165, 1.54) is 78.8 Å². The number of hydrogen-bond acceptors (Lipinski definition) is 3. The standard InChI is InChI=1S/C24H33ClN2S/c1-3-26(4-2)15-7-8-16-27(17-18-11-12-18)23(19-13-14-19)24-22(25)20-9-5-6-10-21(20)28-24/h5-6,9-10,18H,3-4,7-8,11-17H2,1-2H3. The molecule has 152 valence electrons. The minimum absolute atomic E-state index is 0.894. The summed E-state index contributed by atoms with van der Waals surface area (Å²) in [5.41, 5.74) is 3.11. The van der Waals surface area contributed by atoms with Gasteiger partial charge in [-0.25, -0.2) is 0 Å².